The molecule has 0 unspecified atom stereocenters. The number of rotatable bonds is 6. The molecule has 31 heavy (non-hydrogen) atoms. The number of halogens is 1. The average Bonchev–Trinajstić information content (AvgIpc) is 2.75. The fourth-order valence-electron chi connectivity index (χ4n) is 2.79. The Labute approximate surface area is 200 Å². The lowest BCUT2D eigenvalue weighted by Gasteiger charge is -2.18. The van der Waals surface area contributed by atoms with Gasteiger partial charge in [-0.15, -0.1) is 0 Å². The average molecular weight is 565 g/mol. The summed E-state index contributed by atoms with van der Waals surface area (Å²) in [5.41, 5.74) is 1.99. The number of hydrogen-bond donors (Lipinski definition) is 2. The number of anilines is 1. The summed E-state index contributed by atoms with van der Waals surface area (Å²) < 4.78 is 27.8. The third-order valence-electron chi connectivity index (χ3n) is 4.41. The summed E-state index contributed by atoms with van der Waals surface area (Å²) in [7, 11) is -2.09. The van der Waals surface area contributed by atoms with Crippen LogP contribution in [0.5, 0.6) is 0 Å². The van der Waals surface area contributed by atoms with Crippen molar-refractivity contribution in [2.45, 2.75) is 11.4 Å². The molecule has 0 heterocycles. The van der Waals surface area contributed by atoms with Gasteiger partial charge >= 0.3 is 0 Å². The maximum absolute atomic E-state index is 12.8. The molecule has 0 spiro atoms. The van der Waals surface area contributed by atoms with Crippen LogP contribution in [0.2, 0.25) is 0 Å². The Morgan fingerprint density at radius 1 is 0.968 bits per heavy atom. The van der Waals surface area contributed by atoms with Gasteiger partial charge in [0.25, 0.3) is 5.91 Å². The van der Waals surface area contributed by atoms with E-state index < -0.39 is 10.0 Å². The number of nitrogens with one attached hydrogen (secondary N) is 2. The minimum Gasteiger partial charge on any atom is -0.332 e. The number of hydrogen-bond acceptors (Lipinski definition) is 4. The molecular formula is C22H20IN3O3S2. The Morgan fingerprint density at radius 2 is 1.58 bits per heavy atom. The van der Waals surface area contributed by atoms with Crippen molar-refractivity contribution in [3.63, 3.8) is 0 Å². The molecule has 2 N–H and O–H groups in total. The predicted octanol–water partition coefficient (Wildman–Crippen LogP) is 4.24. The number of benzene rings is 3. The monoisotopic (exact) mass is 565 g/mol. The van der Waals surface area contributed by atoms with Gasteiger partial charge in [0.2, 0.25) is 10.0 Å². The first-order valence-corrected chi connectivity index (χ1v) is 12.2. The molecule has 0 bridgehead atoms. The zero-order valence-corrected chi connectivity index (χ0v) is 20.4. The quantitative estimate of drug-likeness (QED) is 0.346. The fraction of sp³-hybridized carbons (Fsp3) is 0.0909. The van der Waals surface area contributed by atoms with E-state index in [1.54, 1.807) is 31.3 Å². The highest BCUT2D eigenvalue weighted by Crippen LogP contribution is 2.19. The van der Waals surface area contributed by atoms with Crippen LogP contribution in [-0.4, -0.2) is 30.8 Å². The lowest BCUT2D eigenvalue weighted by molar-refractivity contribution is 0.0977. The summed E-state index contributed by atoms with van der Waals surface area (Å²) in [5.74, 6) is -0.316. The zero-order chi connectivity index (χ0) is 22.4. The standard InChI is InChI=1S/C22H20IN3O3S2/c1-26(15-16-7-3-2-4-8-16)31(28,29)18-13-11-17(12-14-18)24-22(30)25-21(27)19-9-5-6-10-20(19)23/h2-14H,15H2,1H3,(H2,24,25,27,30). The van der Waals surface area contributed by atoms with E-state index in [4.69, 9.17) is 12.2 Å². The van der Waals surface area contributed by atoms with Crippen LogP contribution in [0.25, 0.3) is 0 Å². The first-order valence-electron chi connectivity index (χ1n) is 9.24. The van der Waals surface area contributed by atoms with Crippen LogP contribution < -0.4 is 10.6 Å². The van der Waals surface area contributed by atoms with Crippen LogP contribution in [0.15, 0.2) is 83.8 Å². The molecule has 0 atom stereocenters. The van der Waals surface area contributed by atoms with E-state index in [2.05, 4.69) is 33.2 Å². The zero-order valence-electron chi connectivity index (χ0n) is 16.6. The van der Waals surface area contributed by atoms with Crippen molar-refractivity contribution in [2.24, 2.45) is 0 Å². The Balaban J connectivity index is 1.63. The van der Waals surface area contributed by atoms with Gasteiger partial charge < -0.3 is 5.32 Å². The molecule has 3 rings (SSSR count). The van der Waals surface area contributed by atoms with Crippen molar-refractivity contribution in [1.29, 1.82) is 0 Å². The molecule has 1 amide bonds. The molecule has 0 aliphatic carbocycles. The van der Waals surface area contributed by atoms with Gasteiger partial charge in [0.05, 0.1) is 10.5 Å². The number of thiocarbonyl (C=S) groups is 1. The second kappa shape index (κ2) is 10.3. The topological polar surface area (TPSA) is 78.5 Å². The summed E-state index contributed by atoms with van der Waals surface area (Å²) >= 11 is 7.29. The van der Waals surface area contributed by atoms with Crippen molar-refractivity contribution in [2.75, 3.05) is 12.4 Å². The number of amides is 1. The normalized spacial score (nSPS) is 11.2. The van der Waals surface area contributed by atoms with Crippen molar-refractivity contribution in [1.82, 2.24) is 9.62 Å². The first-order chi connectivity index (χ1) is 14.8. The number of carbonyl (C=O) groups is 1. The lowest BCUT2D eigenvalue weighted by atomic mass is 10.2. The summed E-state index contributed by atoms with van der Waals surface area (Å²) in [6.45, 7) is 0.275. The summed E-state index contributed by atoms with van der Waals surface area (Å²) in [6.07, 6.45) is 0. The maximum atomic E-state index is 12.8. The first kappa shape index (κ1) is 23.3. The third kappa shape index (κ3) is 6.10. The SMILES string of the molecule is CN(Cc1ccccc1)S(=O)(=O)c1ccc(NC(=S)NC(=O)c2ccccc2I)cc1. The summed E-state index contributed by atoms with van der Waals surface area (Å²) in [6, 6.07) is 22.8. The molecular weight excluding hydrogens is 545 g/mol. The molecule has 0 fully saturated rings. The maximum Gasteiger partial charge on any atom is 0.258 e. The van der Waals surface area contributed by atoms with E-state index in [0.717, 1.165) is 9.13 Å². The van der Waals surface area contributed by atoms with Crippen LogP contribution in [-0.2, 0) is 16.6 Å². The summed E-state index contributed by atoms with van der Waals surface area (Å²) in [4.78, 5) is 12.5. The molecule has 6 nitrogen and oxygen atoms in total. The fourth-order valence-corrected chi connectivity index (χ4v) is 4.80. The van der Waals surface area contributed by atoms with Crippen LogP contribution >= 0.6 is 34.8 Å². The molecule has 160 valence electrons. The van der Waals surface area contributed by atoms with Gasteiger partial charge in [-0.1, -0.05) is 42.5 Å². The number of nitrogens with zero attached hydrogens (tertiary/aromatic N) is 1. The van der Waals surface area contributed by atoms with Gasteiger partial charge in [-0.3, -0.25) is 10.1 Å². The summed E-state index contributed by atoms with van der Waals surface area (Å²) in [5, 5.41) is 5.65. The van der Waals surface area contributed by atoms with Crippen LogP contribution in [0, 0.1) is 3.57 Å². The number of sulfonamides is 1. The van der Waals surface area contributed by atoms with Crippen molar-refractivity contribution < 1.29 is 13.2 Å². The molecule has 3 aromatic rings. The van der Waals surface area contributed by atoms with Gasteiger partial charge in [0.1, 0.15) is 0 Å². The highest BCUT2D eigenvalue weighted by Gasteiger charge is 2.21. The van der Waals surface area contributed by atoms with Gasteiger partial charge in [0.15, 0.2) is 5.11 Å². The Kier molecular flexibility index (Phi) is 7.76. The van der Waals surface area contributed by atoms with E-state index in [1.807, 2.05) is 42.5 Å². The van der Waals surface area contributed by atoms with Crippen molar-refractivity contribution in [3.05, 3.63) is 93.6 Å². The van der Waals surface area contributed by atoms with Crippen LogP contribution in [0.4, 0.5) is 5.69 Å². The largest absolute Gasteiger partial charge is 0.332 e. The molecule has 9 heteroatoms. The third-order valence-corrected chi connectivity index (χ3v) is 7.38. The minimum atomic E-state index is -3.64. The molecule has 0 saturated heterocycles. The van der Waals surface area contributed by atoms with Gasteiger partial charge in [0, 0.05) is 22.8 Å². The van der Waals surface area contributed by atoms with Gasteiger partial charge in [-0.25, -0.2) is 8.42 Å². The second-order valence-electron chi connectivity index (χ2n) is 6.66. The van der Waals surface area contributed by atoms with Crippen molar-refractivity contribution >= 4 is 61.5 Å². The molecule has 0 aliphatic rings. The smallest absolute Gasteiger partial charge is 0.258 e. The van der Waals surface area contributed by atoms with Gasteiger partial charge in [-0.2, -0.15) is 4.31 Å². The van der Waals surface area contributed by atoms with Gasteiger partial charge in [-0.05, 0) is 76.8 Å². The van der Waals surface area contributed by atoms with E-state index >= 15 is 0 Å². The van der Waals surface area contributed by atoms with Crippen molar-refractivity contribution in [3.8, 4) is 0 Å². The Morgan fingerprint density at radius 3 is 2.23 bits per heavy atom. The Bertz CT molecular complexity index is 1180. The molecule has 3 aromatic carbocycles. The molecule has 0 aromatic heterocycles. The lowest BCUT2D eigenvalue weighted by Crippen LogP contribution is -2.34. The van der Waals surface area contributed by atoms with E-state index in [1.165, 1.54) is 16.4 Å². The van der Waals surface area contributed by atoms with E-state index in [0.29, 0.717) is 11.3 Å². The molecule has 0 radical (unpaired) electrons. The highest BCUT2D eigenvalue weighted by molar-refractivity contribution is 14.1. The minimum absolute atomic E-state index is 0.126. The molecule has 0 aliphatic heterocycles. The van der Waals surface area contributed by atoms with E-state index in [9.17, 15) is 13.2 Å². The molecule has 0 saturated carbocycles. The van der Waals surface area contributed by atoms with E-state index in [-0.39, 0.29) is 22.5 Å². The predicted molar refractivity (Wildman–Crippen MR) is 134 cm³/mol. The number of carbonyl (C=O) groups excluding carboxylic acids is 1. The Hall–Kier alpha value is -2.34. The van der Waals surface area contributed by atoms with Crippen LogP contribution in [0.1, 0.15) is 15.9 Å². The van der Waals surface area contributed by atoms with Crippen LogP contribution in [0.3, 0.4) is 0 Å². The highest BCUT2D eigenvalue weighted by atomic mass is 127. The second-order valence-corrected chi connectivity index (χ2v) is 10.3.